The Balaban J connectivity index is 0.00000121. The average molecular weight is 189 g/mol. The zero-order chi connectivity index (χ0) is 8.27. The largest absolute Gasteiger partial charge is 0.479 e. The molecule has 5 heteroatoms. The maximum absolute atomic E-state index is 10.5. The van der Waals surface area contributed by atoms with Crippen molar-refractivity contribution in [3.63, 3.8) is 0 Å². The first-order chi connectivity index (χ1) is 5.25. The van der Waals surface area contributed by atoms with Crippen molar-refractivity contribution in [1.82, 2.24) is 9.55 Å². The Hall–Kier alpha value is -1.29. The molecule has 0 bridgehead atoms. The molecule has 0 aliphatic heterocycles. The number of rotatable bonds is 3. The van der Waals surface area contributed by atoms with E-state index in [0.717, 1.165) is 0 Å². The number of hydrogen-bond acceptors (Lipinski definition) is 2. The van der Waals surface area contributed by atoms with Crippen LogP contribution in [0.4, 0.5) is 0 Å². The summed E-state index contributed by atoms with van der Waals surface area (Å²) in [4.78, 5) is 14.2. The number of carboxylic acid groups (broad SMARTS) is 1. The standard InChI is InChI=1S/C7H8N2O2.ClH/c1-2-6(7(10)11)9-4-3-8-5-9;/h2-6H,1H2,(H,10,11);1H. The first-order valence-electron chi connectivity index (χ1n) is 3.08. The molecule has 1 N–H and O–H groups in total. The Bertz CT molecular complexity index is 258. The third-order valence-electron chi connectivity index (χ3n) is 1.32. The van der Waals surface area contributed by atoms with Crippen molar-refractivity contribution in [1.29, 1.82) is 0 Å². The van der Waals surface area contributed by atoms with Gasteiger partial charge >= 0.3 is 5.97 Å². The van der Waals surface area contributed by atoms with Crippen LogP contribution in [-0.4, -0.2) is 20.6 Å². The van der Waals surface area contributed by atoms with E-state index in [0.29, 0.717) is 0 Å². The summed E-state index contributed by atoms with van der Waals surface area (Å²) in [6.07, 6.45) is 5.91. The lowest BCUT2D eigenvalue weighted by Crippen LogP contribution is -2.14. The van der Waals surface area contributed by atoms with Gasteiger partial charge in [-0.1, -0.05) is 6.08 Å². The molecule has 1 atom stereocenters. The molecule has 0 radical (unpaired) electrons. The topological polar surface area (TPSA) is 55.1 Å². The van der Waals surface area contributed by atoms with E-state index < -0.39 is 12.0 Å². The molecule has 4 nitrogen and oxygen atoms in total. The van der Waals surface area contributed by atoms with Crippen LogP contribution in [0.3, 0.4) is 0 Å². The number of aliphatic carboxylic acids is 1. The maximum atomic E-state index is 10.5. The van der Waals surface area contributed by atoms with Crippen molar-refractivity contribution in [3.05, 3.63) is 31.4 Å². The highest BCUT2D eigenvalue weighted by molar-refractivity contribution is 5.85. The molecule has 0 amide bonds. The van der Waals surface area contributed by atoms with Crippen molar-refractivity contribution in [3.8, 4) is 0 Å². The van der Waals surface area contributed by atoms with Gasteiger partial charge in [-0.25, -0.2) is 9.78 Å². The molecular formula is C7H9ClN2O2. The molecule has 1 unspecified atom stereocenters. The Morgan fingerprint density at radius 1 is 1.75 bits per heavy atom. The molecule has 1 rings (SSSR count). The molecule has 0 fully saturated rings. The second-order valence-corrected chi connectivity index (χ2v) is 2.03. The number of nitrogens with zero attached hydrogens (tertiary/aromatic N) is 2. The number of carbonyl (C=O) groups is 1. The summed E-state index contributed by atoms with van der Waals surface area (Å²) in [5.74, 6) is -0.932. The van der Waals surface area contributed by atoms with E-state index in [-0.39, 0.29) is 12.4 Å². The van der Waals surface area contributed by atoms with Gasteiger partial charge in [-0.15, -0.1) is 19.0 Å². The van der Waals surface area contributed by atoms with Gasteiger partial charge in [0.05, 0.1) is 6.33 Å². The minimum Gasteiger partial charge on any atom is -0.479 e. The van der Waals surface area contributed by atoms with E-state index in [2.05, 4.69) is 11.6 Å². The summed E-state index contributed by atoms with van der Waals surface area (Å²) in [5.41, 5.74) is 0. The van der Waals surface area contributed by atoms with Crippen LogP contribution in [-0.2, 0) is 4.79 Å². The van der Waals surface area contributed by atoms with Gasteiger partial charge in [-0.2, -0.15) is 0 Å². The summed E-state index contributed by atoms with van der Waals surface area (Å²) in [6.45, 7) is 3.41. The van der Waals surface area contributed by atoms with Gasteiger partial charge in [0.25, 0.3) is 0 Å². The third kappa shape index (κ3) is 2.10. The summed E-state index contributed by atoms with van der Waals surface area (Å²) in [7, 11) is 0. The lowest BCUT2D eigenvalue weighted by molar-refractivity contribution is -0.139. The van der Waals surface area contributed by atoms with Crippen LogP contribution >= 0.6 is 12.4 Å². The normalized spacial score (nSPS) is 11.3. The predicted octanol–water partition coefficient (Wildman–Crippen LogP) is 1.12. The van der Waals surface area contributed by atoms with Crippen LogP contribution in [0.25, 0.3) is 0 Å². The summed E-state index contributed by atoms with van der Waals surface area (Å²) >= 11 is 0. The fourth-order valence-corrected chi connectivity index (χ4v) is 0.784. The minimum absolute atomic E-state index is 0. The van der Waals surface area contributed by atoms with Gasteiger partial charge in [-0.05, 0) is 0 Å². The zero-order valence-corrected chi connectivity index (χ0v) is 7.07. The molecule has 0 aliphatic rings. The number of hydrogen-bond donors (Lipinski definition) is 1. The van der Waals surface area contributed by atoms with Gasteiger partial charge in [-0.3, -0.25) is 0 Å². The maximum Gasteiger partial charge on any atom is 0.330 e. The van der Waals surface area contributed by atoms with E-state index in [9.17, 15) is 4.79 Å². The summed E-state index contributed by atoms with van der Waals surface area (Å²) in [6, 6.07) is -0.711. The quantitative estimate of drug-likeness (QED) is 0.724. The zero-order valence-electron chi connectivity index (χ0n) is 6.25. The number of carboxylic acids is 1. The second-order valence-electron chi connectivity index (χ2n) is 2.03. The SMILES string of the molecule is C=CC(C(=O)O)n1ccnc1.Cl. The first-order valence-corrected chi connectivity index (χ1v) is 3.08. The van der Waals surface area contributed by atoms with E-state index in [1.54, 1.807) is 6.20 Å². The van der Waals surface area contributed by atoms with E-state index >= 15 is 0 Å². The van der Waals surface area contributed by atoms with Gasteiger partial charge in [0.1, 0.15) is 6.04 Å². The second kappa shape index (κ2) is 4.56. The summed E-state index contributed by atoms with van der Waals surface area (Å²) in [5, 5.41) is 8.63. The van der Waals surface area contributed by atoms with Crippen LogP contribution in [0.2, 0.25) is 0 Å². The molecule has 66 valence electrons. The van der Waals surface area contributed by atoms with Gasteiger partial charge < -0.3 is 9.67 Å². The van der Waals surface area contributed by atoms with Crippen molar-refractivity contribution in [2.75, 3.05) is 0 Å². The molecule has 0 spiro atoms. The lowest BCUT2D eigenvalue weighted by Gasteiger charge is -2.06. The summed E-state index contributed by atoms with van der Waals surface area (Å²) < 4.78 is 1.47. The van der Waals surface area contributed by atoms with E-state index in [1.165, 1.54) is 23.2 Å². The Morgan fingerprint density at radius 3 is 2.75 bits per heavy atom. The van der Waals surface area contributed by atoms with Gasteiger partial charge in [0.2, 0.25) is 0 Å². The molecule has 0 saturated heterocycles. The van der Waals surface area contributed by atoms with Crippen LogP contribution in [0.15, 0.2) is 31.4 Å². The molecule has 1 heterocycles. The first kappa shape index (κ1) is 10.7. The predicted molar refractivity (Wildman–Crippen MR) is 46.3 cm³/mol. The molecule has 12 heavy (non-hydrogen) atoms. The molecule has 1 aromatic rings. The molecular weight excluding hydrogens is 180 g/mol. The van der Waals surface area contributed by atoms with Crippen molar-refractivity contribution >= 4 is 18.4 Å². The fraction of sp³-hybridized carbons (Fsp3) is 0.143. The van der Waals surface area contributed by atoms with Crippen molar-refractivity contribution in [2.45, 2.75) is 6.04 Å². The highest BCUT2D eigenvalue weighted by atomic mass is 35.5. The fourth-order valence-electron chi connectivity index (χ4n) is 0.784. The number of aromatic nitrogens is 2. The van der Waals surface area contributed by atoms with Gasteiger partial charge in [0.15, 0.2) is 0 Å². The number of imidazole rings is 1. The van der Waals surface area contributed by atoms with Gasteiger partial charge in [0, 0.05) is 12.4 Å². The molecule has 1 aromatic heterocycles. The monoisotopic (exact) mass is 188 g/mol. The Morgan fingerprint density at radius 2 is 2.42 bits per heavy atom. The third-order valence-corrected chi connectivity index (χ3v) is 1.32. The smallest absolute Gasteiger partial charge is 0.330 e. The van der Waals surface area contributed by atoms with Crippen molar-refractivity contribution in [2.24, 2.45) is 0 Å². The van der Waals surface area contributed by atoms with Crippen molar-refractivity contribution < 1.29 is 9.90 Å². The molecule has 0 aliphatic carbocycles. The average Bonchev–Trinajstić information content (AvgIpc) is 2.40. The highest BCUT2D eigenvalue weighted by Crippen LogP contribution is 2.05. The lowest BCUT2D eigenvalue weighted by atomic mass is 10.3. The molecule has 0 aromatic carbocycles. The van der Waals surface area contributed by atoms with Crippen LogP contribution in [0.1, 0.15) is 6.04 Å². The number of halogens is 1. The van der Waals surface area contributed by atoms with E-state index in [1.807, 2.05) is 0 Å². The Kier molecular flexibility index (Phi) is 4.07. The highest BCUT2D eigenvalue weighted by Gasteiger charge is 2.13. The molecule has 0 saturated carbocycles. The van der Waals surface area contributed by atoms with Crippen LogP contribution < -0.4 is 0 Å². The van der Waals surface area contributed by atoms with Crippen LogP contribution in [0.5, 0.6) is 0 Å². The minimum atomic E-state index is -0.932. The Labute approximate surface area is 75.9 Å². The van der Waals surface area contributed by atoms with Crippen LogP contribution in [0, 0.1) is 0 Å². The van der Waals surface area contributed by atoms with E-state index in [4.69, 9.17) is 5.11 Å².